The maximum atomic E-state index is 2.36. The van der Waals surface area contributed by atoms with Crippen LogP contribution in [0.2, 0.25) is 11.1 Å². The van der Waals surface area contributed by atoms with Crippen LogP contribution >= 0.6 is 0 Å². The molecule has 58 valence electrons. The van der Waals surface area contributed by atoms with Gasteiger partial charge in [-0.25, -0.2) is 0 Å². The summed E-state index contributed by atoms with van der Waals surface area (Å²) in [6.07, 6.45) is 1.28. The second kappa shape index (κ2) is 3.50. The minimum absolute atomic E-state index is 0.522. The van der Waals surface area contributed by atoms with Crippen molar-refractivity contribution in [1.82, 2.24) is 0 Å². The van der Waals surface area contributed by atoms with Gasteiger partial charge in [-0.15, -0.1) is 0 Å². The second-order valence-corrected chi connectivity index (χ2v) is 4.37. The van der Waals surface area contributed by atoms with Gasteiger partial charge in [0.2, 0.25) is 0 Å². The summed E-state index contributed by atoms with van der Waals surface area (Å²) in [7, 11) is 4.67. The first-order valence-corrected chi connectivity index (χ1v) is 4.41. The van der Waals surface area contributed by atoms with Gasteiger partial charge in [0.1, 0.15) is 15.7 Å². The van der Waals surface area contributed by atoms with Crippen LogP contribution in [0.5, 0.6) is 0 Å². The van der Waals surface area contributed by atoms with E-state index >= 15 is 0 Å². The molecule has 0 aromatic heterocycles. The zero-order chi connectivity index (χ0) is 8.36. The molecule has 2 heteroatoms. The first-order valence-electron chi connectivity index (χ1n) is 4.41. The lowest BCUT2D eigenvalue weighted by molar-refractivity contribution is 0.389. The van der Waals surface area contributed by atoms with E-state index in [1.54, 1.807) is 0 Å². The van der Waals surface area contributed by atoms with Crippen LogP contribution in [-0.4, -0.2) is 15.7 Å². The molecule has 2 unspecified atom stereocenters. The molecular weight excluding hydrogens is 118 g/mol. The van der Waals surface area contributed by atoms with Gasteiger partial charge < -0.3 is 0 Å². The summed E-state index contributed by atoms with van der Waals surface area (Å²) in [4.78, 5) is 0. The zero-order valence-corrected chi connectivity index (χ0v) is 8.36. The van der Waals surface area contributed by atoms with Gasteiger partial charge in [0, 0.05) is 0 Å². The summed E-state index contributed by atoms with van der Waals surface area (Å²) in [6.45, 7) is 9.30. The first kappa shape index (κ1) is 10.1. The number of rotatable bonds is 3. The summed E-state index contributed by atoms with van der Waals surface area (Å²) in [5.41, 5.74) is 0. The molecule has 0 aromatic carbocycles. The average Bonchev–Trinajstić information content (AvgIpc) is 1.86. The molecule has 0 fully saturated rings. The summed E-state index contributed by atoms with van der Waals surface area (Å²) >= 11 is 0. The Morgan fingerprint density at radius 3 is 1.90 bits per heavy atom. The molecule has 0 spiro atoms. The first-order chi connectivity index (χ1) is 4.41. The summed E-state index contributed by atoms with van der Waals surface area (Å²) in [5, 5.41) is 0.522. The molecule has 10 heavy (non-hydrogen) atoms. The minimum atomic E-state index is 0.522. The summed E-state index contributed by atoms with van der Waals surface area (Å²) in [6, 6.07) is 0. The van der Waals surface area contributed by atoms with Crippen molar-refractivity contribution >= 4 is 15.7 Å². The molecule has 0 N–H and O–H groups in total. The van der Waals surface area contributed by atoms with Gasteiger partial charge >= 0.3 is 0 Å². The van der Waals surface area contributed by atoms with Crippen LogP contribution in [0.1, 0.15) is 34.1 Å². The highest BCUT2D eigenvalue weighted by atomic mass is 14.2. The lowest BCUT2D eigenvalue weighted by Gasteiger charge is -2.33. The van der Waals surface area contributed by atoms with Crippen LogP contribution in [0.4, 0.5) is 0 Å². The van der Waals surface area contributed by atoms with E-state index in [4.69, 9.17) is 0 Å². The predicted octanol–water partition coefficient (Wildman–Crippen LogP) is 1.29. The lowest BCUT2D eigenvalue weighted by atomic mass is 9.55. The van der Waals surface area contributed by atoms with Crippen molar-refractivity contribution in [3.8, 4) is 0 Å². The number of hydrogen-bond donors (Lipinski definition) is 0. The highest BCUT2D eigenvalue weighted by Crippen LogP contribution is 2.40. The van der Waals surface area contributed by atoms with Crippen molar-refractivity contribution in [1.29, 1.82) is 0 Å². The van der Waals surface area contributed by atoms with Crippen molar-refractivity contribution in [3.05, 3.63) is 0 Å². The normalized spacial score (nSPS) is 23.2. The summed E-state index contributed by atoms with van der Waals surface area (Å²) < 4.78 is 0. The van der Waals surface area contributed by atoms with E-state index in [9.17, 15) is 0 Å². The Balaban J connectivity index is 4.03. The molecule has 0 aliphatic rings. The SMILES string of the molecule is B[C@H](C)C(C)C(B)(C)CC. The fourth-order valence-corrected chi connectivity index (χ4v) is 1.22. The van der Waals surface area contributed by atoms with Gasteiger partial charge in [-0.05, 0) is 0 Å². The molecule has 0 aliphatic heterocycles. The highest BCUT2D eigenvalue weighted by Gasteiger charge is 2.25. The highest BCUT2D eigenvalue weighted by molar-refractivity contribution is 6.17. The van der Waals surface area contributed by atoms with Crippen molar-refractivity contribution in [2.75, 3.05) is 0 Å². The van der Waals surface area contributed by atoms with Crippen LogP contribution in [0.3, 0.4) is 0 Å². The molecule has 0 bridgehead atoms. The predicted molar refractivity (Wildman–Crippen MR) is 54.3 cm³/mol. The second-order valence-electron chi connectivity index (χ2n) is 4.37. The standard InChI is InChI=1S/C8H20B2/c1-5-8(4,10)6(2)7(3)9/h6-7H,5,9-10H2,1-4H3/t6?,7-,8?/m1/s1. The monoisotopic (exact) mass is 138 g/mol. The molecule has 0 radical (unpaired) electrons. The van der Waals surface area contributed by atoms with Crippen LogP contribution in [0, 0.1) is 5.92 Å². The van der Waals surface area contributed by atoms with Crippen LogP contribution < -0.4 is 0 Å². The Morgan fingerprint density at radius 2 is 1.80 bits per heavy atom. The Labute approximate surface area is 67.6 Å². The lowest BCUT2D eigenvalue weighted by Crippen LogP contribution is -2.20. The molecule has 0 aliphatic carbocycles. The van der Waals surface area contributed by atoms with Crippen LogP contribution in [0.25, 0.3) is 0 Å². The maximum Gasteiger partial charge on any atom is 0.109 e. The van der Waals surface area contributed by atoms with E-state index in [1.807, 2.05) is 0 Å². The zero-order valence-electron chi connectivity index (χ0n) is 8.36. The molecule has 0 heterocycles. The molecule has 0 nitrogen and oxygen atoms in total. The van der Waals surface area contributed by atoms with Gasteiger partial charge in [0.15, 0.2) is 0 Å². The van der Waals surface area contributed by atoms with Gasteiger partial charge in [0.05, 0.1) is 0 Å². The van der Waals surface area contributed by atoms with Crippen molar-refractivity contribution in [2.45, 2.75) is 45.2 Å². The topological polar surface area (TPSA) is 0 Å². The molecule has 3 atom stereocenters. The average molecular weight is 138 g/mol. The maximum absolute atomic E-state index is 2.36. The minimum Gasteiger partial charge on any atom is -0.0701 e. The van der Waals surface area contributed by atoms with E-state index in [2.05, 4.69) is 43.4 Å². The molecule has 0 saturated heterocycles. The Hall–Kier alpha value is 0.130. The molecule has 0 amide bonds. The smallest absolute Gasteiger partial charge is 0.0701 e. The van der Waals surface area contributed by atoms with Gasteiger partial charge in [-0.3, -0.25) is 0 Å². The molecule has 0 aromatic rings. The van der Waals surface area contributed by atoms with Gasteiger partial charge in [0.25, 0.3) is 0 Å². The van der Waals surface area contributed by atoms with E-state index in [1.165, 1.54) is 6.42 Å². The third-order valence-electron chi connectivity index (χ3n) is 3.14. The molecule has 0 saturated carbocycles. The molecule has 0 rings (SSSR count). The van der Waals surface area contributed by atoms with Gasteiger partial charge in [-0.2, -0.15) is 0 Å². The third kappa shape index (κ3) is 2.40. The summed E-state index contributed by atoms with van der Waals surface area (Å²) in [5.74, 6) is 1.65. The number of hydrogen-bond acceptors (Lipinski definition) is 0. The van der Waals surface area contributed by atoms with Crippen molar-refractivity contribution < 1.29 is 0 Å². The van der Waals surface area contributed by atoms with E-state index in [0.29, 0.717) is 5.31 Å². The quantitative estimate of drug-likeness (QED) is 0.515. The molecular formula is C8H20B2. The van der Waals surface area contributed by atoms with Crippen LogP contribution in [-0.2, 0) is 0 Å². The third-order valence-corrected chi connectivity index (χ3v) is 3.14. The van der Waals surface area contributed by atoms with Crippen LogP contribution in [0.15, 0.2) is 0 Å². The van der Waals surface area contributed by atoms with Crippen molar-refractivity contribution in [2.24, 2.45) is 5.92 Å². The Bertz CT molecular complexity index is 97.4. The largest absolute Gasteiger partial charge is 0.109 e. The van der Waals surface area contributed by atoms with Gasteiger partial charge in [-0.1, -0.05) is 51.2 Å². The van der Waals surface area contributed by atoms with E-state index in [0.717, 1.165) is 11.7 Å². The Kier molecular flexibility index (Phi) is 3.55. The van der Waals surface area contributed by atoms with E-state index in [-0.39, 0.29) is 0 Å². The van der Waals surface area contributed by atoms with Crippen molar-refractivity contribution in [3.63, 3.8) is 0 Å². The fraction of sp³-hybridized carbons (Fsp3) is 1.00. The fourth-order valence-electron chi connectivity index (χ4n) is 1.22. The van der Waals surface area contributed by atoms with E-state index < -0.39 is 0 Å². The Morgan fingerprint density at radius 1 is 1.40 bits per heavy atom.